The predicted molar refractivity (Wildman–Crippen MR) is 92.3 cm³/mol. The number of rotatable bonds is 5. The molecule has 1 amide bonds. The zero-order chi connectivity index (χ0) is 18.5. The van der Waals surface area contributed by atoms with Crippen molar-refractivity contribution in [2.45, 2.75) is 6.54 Å². The second-order valence-electron chi connectivity index (χ2n) is 5.46. The summed E-state index contributed by atoms with van der Waals surface area (Å²) in [6.45, 7) is 0.265. The Morgan fingerprint density at radius 1 is 0.962 bits per heavy atom. The molecule has 4 nitrogen and oxygen atoms in total. The topological polar surface area (TPSA) is 54.0 Å². The first-order chi connectivity index (χ1) is 12.5. The third-order valence-corrected chi connectivity index (χ3v) is 3.62. The summed E-state index contributed by atoms with van der Waals surface area (Å²) < 4.78 is 40.0. The fraction of sp³-hybridized carbons (Fsp3) is 0.0526. The molecule has 0 saturated carbocycles. The number of benzene rings is 2. The molecule has 7 heteroatoms. The van der Waals surface area contributed by atoms with Gasteiger partial charge in [0.05, 0.1) is 17.6 Å². The molecular formula is C19H14F3N3O. The van der Waals surface area contributed by atoms with Crippen molar-refractivity contribution in [2.75, 3.05) is 10.6 Å². The van der Waals surface area contributed by atoms with Gasteiger partial charge < -0.3 is 10.6 Å². The van der Waals surface area contributed by atoms with E-state index in [1.165, 1.54) is 18.3 Å². The molecule has 0 unspecified atom stereocenters. The summed E-state index contributed by atoms with van der Waals surface area (Å²) in [5, 5.41) is 5.32. The minimum atomic E-state index is -0.874. The van der Waals surface area contributed by atoms with E-state index in [2.05, 4.69) is 15.6 Å². The highest BCUT2D eigenvalue weighted by atomic mass is 19.1. The first kappa shape index (κ1) is 17.5. The molecule has 0 radical (unpaired) electrons. The van der Waals surface area contributed by atoms with E-state index in [9.17, 15) is 18.0 Å². The number of anilines is 2. The average Bonchev–Trinajstić information content (AvgIpc) is 2.64. The van der Waals surface area contributed by atoms with Crippen LogP contribution in [0.4, 0.5) is 24.5 Å². The molecule has 0 fully saturated rings. The van der Waals surface area contributed by atoms with Crippen molar-refractivity contribution in [1.82, 2.24) is 4.98 Å². The van der Waals surface area contributed by atoms with Crippen molar-refractivity contribution in [3.05, 3.63) is 89.5 Å². The minimum Gasteiger partial charge on any atom is -0.380 e. The molecule has 1 aromatic heterocycles. The van der Waals surface area contributed by atoms with Crippen LogP contribution in [0.5, 0.6) is 0 Å². The van der Waals surface area contributed by atoms with Crippen LogP contribution in [0.2, 0.25) is 0 Å². The molecule has 3 rings (SSSR count). The predicted octanol–water partition coefficient (Wildman–Crippen LogP) is 4.36. The molecule has 0 aliphatic rings. The average molecular weight is 357 g/mol. The Bertz CT molecular complexity index is 930. The minimum absolute atomic E-state index is 0.0603. The van der Waals surface area contributed by atoms with Crippen LogP contribution in [-0.4, -0.2) is 10.9 Å². The van der Waals surface area contributed by atoms with E-state index in [0.29, 0.717) is 17.3 Å². The second-order valence-corrected chi connectivity index (χ2v) is 5.46. The Morgan fingerprint density at radius 3 is 2.46 bits per heavy atom. The van der Waals surface area contributed by atoms with Gasteiger partial charge in [0.25, 0.3) is 5.91 Å². The lowest BCUT2D eigenvalue weighted by atomic mass is 10.2. The summed E-state index contributed by atoms with van der Waals surface area (Å²) in [6, 6.07) is 12.3. The first-order valence-electron chi connectivity index (χ1n) is 7.72. The lowest BCUT2D eigenvalue weighted by Crippen LogP contribution is -2.14. The molecule has 132 valence electrons. The molecule has 1 heterocycles. The maximum absolute atomic E-state index is 13.6. The number of carbonyl (C=O) groups excluding carboxylic acids is 1. The smallest absolute Gasteiger partial charge is 0.274 e. The second kappa shape index (κ2) is 7.69. The normalized spacial score (nSPS) is 10.4. The Hall–Kier alpha value is -3.35. The van der Waals surface area contributed by atoms with Gasteiger partial charge in [0.1, 0.15) is 23.1 Å². The quantitative estimate of drug-likeness (QED) is 0.713. The molecular weight excluding hydrogens is 343 g/mol. The maximum Gasteiger partial charge on any atom is 0.274 e. The number of halogens is 3. The molecule has 2 aromatic carbocycles. The monoisotopic (exact) mass is 357 g/mol. The van der Waals surface area contributed by atoms with Crippen LogP contribution in [-0.2, 0) is 6.54 Å². The molecule has 3 aromatic rings. The van der Waals surface area contributed by atoms with Gasteiger partial charge >= 0.3 is 0 Å². The van der Waals surface area contributed by atoms with Gasteiger partial charge in [-0.1, -0.05) is 18.2 Å². The van der Waals surface area contributed by atoms with E-state index in [0.717, 1.165) is 12.1 Å². The molecule has 0 spiro atoms. The van der Waals surface area contributed by atoms with Crippen LogP contribution in [0.1, 0.15) is 16.1 Å². The SMILES string of the molecule is O=C(Nc1ccc(F)cc1F)c1ccc(NCc2ccccc2F)cn1. The van der Waals surface area contributed by atoms with E-state index < -0.39 is 17.5 Å². The summed E-state index contributed by atoms with van der Waals surface area (Å²) in [5.41, 5.74) is 1.02. The fourth-order valence-corrected chi connectivity index (χ4v) is 2.25. The van der Waals surface area contributed by atoms with Gasteiger partial charge in [-0.2, -0.15) is 0 Å². The number of pyridine rings is 1. The Balaban J connectivity index is 1.63. The van der Waals surface area contributed by atoms with Crippen molar-refractivity contribution in [1.29, 1.82) is 0 Å². The van der Waals surface area contributed by atoms with Crippen molar-refractivity contribution < 1.29 is 18.0 Å². The Labute approximate surface area is 147 Å². The van der Waals surface area contributed by atoms with E-state index in [-0.39, 0.29) is 23.7 Å². The van der Waals surface area contributed by atoms with Gasteiger partial charge in [-0.05, 0) is 30.3 Å². The maximum atomic E-state index is 13.6. The van der Waals surface area contributed by atoms with Crippen molar-refractivity contribution in [3.8, 4) is 0 Å². The summed E-state index contributed by atoms with van der Waals surface area (Å²) in [6.07, 6.45) is 1.41. The molecule has 0 atom stereocenters. The molecule has 2 N–H and O–H groups in total. The van der Waals surface area contributed by atoms with Crippen LogP contribution >= 0.6 is 0 Å². The van der Waals surface area contributed by atoms with Crippen LogP contribution in [0.15, 0.2) is 60.8 Å². The van der Waals surface area contributed by atoms with Crippen LogP contribution < -0.4 is 10.6 Å². The standard InChI is InChI=1S/C19H14F3N3O/c20-13-5-7-17(16(22)9-13)25-19(26)18-8-6-14(11-24-18)23-10-12-3-1-2-4-15(12)21/h1-9,11,23H,10H2,(H,25,26). The van der Waals surface area contributed by atoms with Crippen LogP contribution in [0, 0.1) is 17.5 Å². The van der Waals surface area contributed by atoms with E-state index >= 15 is 0 Å². The van der Waals surface area contributed by atoms with Crippen molar-refractivity contribution in [3.63, 3.8) is 0 Å². The lowest BCUT2D eigenvalue weighted by molar-refractivity contribution is 0.102. The van der Waals surface area contributed by atoms with Gasteiger partial charge in [0, 0.05) is 18.2 Å². The van der Waals surface area contributed by atoms with Crippen LogP contribution in [0.25, 0.3) is 0 Å². The zero-order valence-electron chi connectivity index (χ0n) is 13.5. The highest BCUT2D eigenvalue weighted by molar-refractivity contribution is 6.03. The van der Waals surface area contributed by atoms with Gasteiger partial charge in [-0.15, -0.1) is 0 Å². The number of amides is 1. The van der Waals surface area contributed by atoms with E-state index in [1.54, 1.807) is 24.3 Å². The number of hydrogen-bond acceptors (Lipinski definition) is 3. The van der Waals surface area contributed by atoms with Crippen molar-refractivity contribution >= 4 is 17.3 Å². The third-order valence-electron chi connectivity index (χ3n) is 3.62. The van der Waals surface area contributed by atoms with E-state index in [1.807, 2.05) is 0 Å². The first-order valence-corrected chi connectivity index (χ1v) is 7.72. The van der Waals surface area contributed by atoms with Gasteiger partial charge in [-0.25, -0.2) is 18.2 Å². The molecule has 0 aliphatic heterocycles. The summed E-state index contributed by atoms with van der Waals surface area (Å²) >= 11 is 0. The molecule has 26 heavy (non-hydrogen) atoms. The Morgan fingerprint density at radius 2 is 1.77 bits per heavy atom. The van der Waals surface area contributed by atoms with Crippen molar-refractivity contribution in [2.24, 2.45) is 0 Å². The number of carbonyl (C=O) groups is 1. The number of nitrogens with one attached hydrogen (secondary N) is 2. The number of nitrogens with zero attached hydrogens (tertiary/aromatic N) is 1. The largest absolute Gasteiger partial charge is 0.380 e. The zero-order valence-corrected chi connectivity index (χ0v) is 13.5. The fourth-order valence-electron chi connectivity index (χ4n) is 2.25. The van der Waals surface area contributed by atoms with E-state index in [4.69, 9.17) is 0 Å². The van der Waals surface area contributed by atoms with Gasteiger partial charge in [-0.3, -0.25) is 4.79 Å². The van der Waals surface area contributed by atoms with Gasteiger partial charge in [0.2, 0.25) is 0 Å². The molecule has 0 aliphatic carbocycles. The highest BCUT2D eigenvalue weighted by Gasteiger charge is 2.11. The highest BCUT2D eigenvalue weighted by Crippen LogP contribution is 2.16. The Kier molecular flexibility index (Phi) is 5.17. The third kappa shape index (κ3) is 4.18. The number of hydrogen-bond donors (Lipinski definition) is 2. The van der Waals surface area contributed by atoms with Crippen LogP contribution in [0.3, 0.4) is 0 Å². The summed E-state index contributed by atoms with van der Waals surface area (Å²) in [5.74, 6) is -2.55. The molecule has 0 bridgehead atoms. The van der Waals surface area contributed by atoms with Gasteiger partial charge in [0.15, 0.2) is 0 Å². The lowest BCUT2D eigenvalue weighted by Gasteiger charge is -2.09. The molecule has 0 saturated heterocycles. The summed E-state index contributed by atoms with van der Waals surface area (Å²) in [7, 11) is 0. The summed E-state index contributed by atoms with van der Waals surface area (Å²) in [4.78, 5) is 16.1. The number of aromatic nitrogens is 1.